The Balaban J connectivity index is 1.73. The van der Waals surface area contributed by atoms with Crippen molar-refractivity contribution in [3.8, 4) is 0 Å². The smallest absolute Gasteiger partial charge is 0.226 e. The van der Waals surface area contributed by atoms with Gasteiger partial charge in [0.05, 0.1) is 18.2 Å². The number of carbonyl (C=O) groups excluding carboxylic acids is 1. The molecule has 0 saturated carbocycles. The lowest BCUT2D eigenvalue weighted by Crippen LogP contribution is -2.32. The molecule has 1 amide bonds. The minimum atomic E-state index is 0.0252. The van der Waals surface area contributed by atoms with Gasteiger partial charge in [-0.15, -0.1) is 11.3 Å². The van der Waals surface area contributed by atoms with Crippen molar-refractivity contribution in [2.24, 2.45) is 0 Å². The number of nitrogens with zero attached hydrogens (tertiary/aromatic N) is 2. The molecule has 1 aliphatic rings. The molecule has 2 rings (SSSR count). The van der Waals surface area contributed by atoms with E-state index in [1.807, 2.05) is 19.5 Å². The summed E-state index contributed by atoms with van der Waals surface area (Å²) in [5.41, 5.74) is 0.853. The van der Waals surface area contributed by atoms with Crippen LogP contribution in [-0.4, -0.2) is 49.1 Å². The summed E-state index contributed by atoms with van der Waals surface area (Å²) in [6.45, 7) is 2.26. The van der Waals surface area contributed by atoms with E-state index in [4.69, 9.17) is 4.74 Å². The van der Waals surface area contributed by atoms with Crippen molar-refractivity contribution < 1.29 is 9.53 Å². The lowest BCUT2D eigenvalue weighted by molar-refractivity contribution is -0.121. The quantitative estimate of drug-likeness (QED) is 0.847. The molecule has 19 heavy (non-hydrogen) atoms. The largest absolute Gasteiger partial charge is 0.376 e. The molecule has 0 aromatic carbocycles. The number of ether oxygens (including phenoxy) is 1. The van der Waals surface area contributed by atoms with Crippen LogP contribution in [0, 0.1) is 0 Å². The molecule has 1 aliphatic heterocycles. The summed E-state index contributed by atoms with van der Waals surface area (Å²) in [6, 6.07) is 0. The third kappa shape index (κ3) is 4.89. The zero-order chi connectivity index (χ0) is 13.7. The molecule has 1 N–H and O–H groups in total. The average Bonchev–Trinajstić information content (AvgIpc) is 2.97. The highest BCUT2D eigenvalue weighted by Crippen LogP contribution is 2.12. The average molecular weight is 283 g/mol. The first-order chi connectivity index (χ1) is 9.13. The fraction of sp³-hybridized carbons (Fsp3) is 0.692. The maximum absolute atomic E-state index is 11.8. The van der Waals surface area contributed by atoms with E-state index in [-0.39, 0.29) is 12.0 Å². The molecule has 106 valence electrons. The van der Waals surface area contributed by atoms with E-state index in [1.54, 1.807) is 11.3 Å². The fourth-order valence-corrected chi connectivity index (χ4v) is 2.94. The first kappa shape index (κ1) is 14.4. The van der Waals surface area contributed by atoms with Crippen LogP contribution in [-0.2, 0) is 22.5 Å². The summed E-state index contributed by atoms with van der Waals surface area (Å²) < 4.78 is 5.47. The number of hydrogen-bond donors (Lipinski definition) is 1. The molecule has 1 atom stereocenters. The van der Waals surface area contributed by atoms with Gasteiger partial charge in [-0.25, -0.2) is 4.98 Å². The van der Waals surface area contributed by atoms with Crippen LogP contribution in [0.5, 0.6) is 0 Å². The van der Waals surface area contributed by atoms with E-state index in [2.05, 4.69) is 15.2 Å². The number of thiazole rings is 1. The second-order valence-corrected chi connectivity index (χ2v) is 6.03. The number of amides is 1. The SMILES string of the molecule is CN(C)Cc1nc(CC(=O)NCC2CCCO2)cs1. The van der Waals surface area contributed by atoms with Crippen molar-refractivity contribution >= 4 is 17.2 Å². The first-order valence-corrected chi connectivity index (χ1v) is 7.48. The Morgan fingerprint density at radius 2 is 2.47 bits per heavy atom. The van der Waals surface area contributed by atoms with Gasteiger partial charge in [0.1, 0.15) is 5.01 Å². The Morgan fingerprint density at radius 3 is 3.16 bits per heavy atom. The summed E-state index contributed by atoms with van der Waals surface area (Å²) in [6.07, 6.45) is 2.70. The Hall–Kier alpha value is -0.980. The maximum Gasteiger partial charge on any atom is 0.226 e. The minimum absolute atomic E-state index is 0.0252. The Bertz CT molecular complexity index is 414. The molecule has 1 fully saturated rings. The van der Waals surface area contributed by atoms with Gasteiger partial charge in [-0.2, -0.15) is 0 Å². The van der Waals surface area contributed by atoms with Crippen LogP contribution in [0.4, 0.5) is 0 Å². The van der Waals surface area contributed by atoms with E-state index < -0.39 is 0 Å². The van der Waals surface area contributed by atoms with Gasteiger partial charge in [0.25, 0.3) is 0 Å². The van der Waals surface area contributed by atoms with Gasteiger partial charge in [-0.1, -0.05) is 0 Å². The van der Waals surface area contributed by atoms with Gasteiger partial charge in [-0.05, 0) is 26.9 Å². The molecule has 1 unspecified atom stereocenters. The zero-order valence-electron chi connectivity index (χ0n) is 11.5. The number of hydrogen-bond acceptors (Lipinski definition) is 5. The predicted octanol–water partition coefficient (Wildman–Crippen LogP) is 1.04. The second-order valence-electron chi connectivity index (χ2n) is 5.09. The third-order valence-corrected chi connectivity index (χ3v) is 3.83. The Labute approximate surface area is 118 Å². The maximum atomic E-state index is 11.8. The Kier molecular flexibility index (Phi) is 5.30. The molecular weight excluding hydrogens is 262 g/mol. The first-order valence-electron chi connectivity index (χ1n) is 6.60. The number of nitrogens with one attached hydrogen (secondary N) is 1. The third-order valence-electron chi connectivity index (χ3n) is 2.94. The molecule has 2 heterocycles. The molecule has 1 saturated heterocycles. The van der Waals surface area contributed by atoms with Crippen molar-refractivity contribution in [2.45, 2.75) is 31.9 Å². The molecule has 0 bridgehead atoms. The van der Waals surface area contributed by atoms with Crippen molar-refractivity contribution in [3.63, 3.8) is 0 Å². The molecule has 5 nitrogen and oxygen atoms in total. The van der Waals surface area contributed by atoms with Crippen LogP contribution >= 0.6 is 11.3 Å². The second kappa shape index (κ2) is 6.98. The summed E-state index contributed by atoms with van der Waals surface area (Å²) in [7, 11) is 4.02. The standard InChI is InChI=1S/C13H21N3O2S/c1-16(2)8-13-15-10(9-19-13)6-12(17)14-7-11-4-3-5-18-11/h9,11H,3-8H2,1-2H3,(H,14,17). The van der Waals surface area contributed by atoms with E-state index in [1.165, 1.54) is 0 Å². The summed E-state index contributed by atoms with van der Waals surface area (Å²) >= 11 is 1.61. The van der Waals surface area contributed by atoms with Crippen LogP contribution in [0.15, 0.2) is 5.38 Å². The van der Waals surface area contributed by atoms with Gasteiger partial charge >= 0.3 is 0 Å². The van der Waals surface area contributed by atoms with E-state index in [0.29, 0.717) is 13.0 Å². The van der Waals surface area contributed by atoms with E-state index in [0.717, 1.165) is 36.7 Å². The highest BCUT2D eigenvalue weighted by atomic mass is 32.1. The van der Waals surface area contributed by atoms with Crippen molar-refractivity contribution in [1.29, 1.82) is 0 Å². The van der Waals surface area contributed by atoms with Gasteiger partial charge in [0.15, 0.2) is 0 Å². The number of carbonyl (C=O) groups is 1. The molecule has 1 aromatic rings. The van der Waals surface area contributed by atoms with Gasteiger partial charge in [0.2, 0.25) is 5.91 Å². The lowest BCUT2D eigenvalue weighted by Gasteiger charge is -2.10. The number of aromatic nitrogens is 1. The minimum Gasteiger partial charge on any atom is -0.376 e. The van der Waals surface area contributed by atoms with Gasteiger partial charge < -0.3 is 15.0 Å². The number of rotatable bonds is 6. The zero-order valence-corrected chi connectivity index (χ0v) is 12.3. The topological polar surface area (TPSA) is 54.5 Å². The molecule has 0 spiro atoms. The van der Waals surface area contributed by atoms with E-state index >= 15 is 0 Å². The molecule has 1 aromatic heterocycles. The van der Waals surface area contributed by atoms with Crippen molar-refractivity contribution in [3.05, 3.63) is 16.1 Å². The van der Waals surface area contributed by atoms with Crippen LogP contribution < -0.4 is 5.32 Å². The normalized spacial score (nSPS) is 19.0. The van der Waals surface area contributed by atoms with Crippen molar-refractivity contribution in [2.75, 3.05) is 27.2 Å². The summed E-state index contributed by atoms with van der Waals surface area (Å²) in [5, 5.41) is 5.92. The van der Waals surface area contributed by atoms with Crippen LogP contribution in [0.3, 0.4) is 0 Å². The highest BCUT2D eigenvalue weighted by Gasteiger charge is 2.16. The van der Waals surface area contributed by atoms with Crippen molar-refractivity contribution in [1.82, 2.24) is 15.2 Å². The molecule has 0 aliphatic carbocycles. The van der Waals surface area contributed by atoms with E-state index in [9.17, 15) is 4.79 Å². The van der Waals surface area contributed by atoms with Gasteiger partial charge in [-0.3, -0.25) is 4.79 Å². The molecular formula is C13H21N3O2S. The molecule has 0 radical (unpaired) electrons. The fourth-order valence-electron chi connectivity index (χ4n) is 2.03. The van der Waals surface area contributed by atoms with Crippen LogP contribution in [0.25, 0.3) is 0 Å². The molecule has 6 heteroatoms. The van der Waals surface area contributed by atoms with Gasteiger partial charge in [0, 0.05) is 25.1 Å². The monoisotopic (exact) mass is 283 g/mol. The van der Waals surface area contributed by atoms with Crippen LogP contribution in [0.2, 0.25) is 0 Å². The summed E-state index contributed by atoms with van der Waals surface area (Å²) in [4.78, 5) is 18.3. The Morgan fingerprint density at radius 1 is 1.63 bits per heavy atom. The highest BCUT2D eigenvalue weighted by molar-refractivity contribution is 7.09. The lowest BCUT2D eigenvalue weighted by atomic mass is 10.2. The van der Waals surface area contributed by atoms with Crippen LogP contribution in [0.1, 0.15) is 23.5 Å². The predicted molar refractivity (Wildman–Crippen MR) is 75.2 cm³/mol. The summed E-state index contributed by atoms with van der Waals surface area (Å²) in [5.74, 6) is 0.0252.